The summed E-state index contributed by atoms with van der Waals surface area (Å²) >= 11 is 5.18. The molecule has 1 heterocycles. The molecule has 0 aliphatic carbocycles. The number of benzene rings is 1. The van der Waals surface area contributed by atoms with Gasteiger partial charge in [-0.1, -0.05) is 49.6 Å². The lowest BCUT2D eigenvalue weighted by Gasteiger charge is -2.11. The van der Waals surface area contributed by atoms with Gasteiger partial charge in [-0.25, -0.2) is 0 Å². The van der Waals surface area contributed by atoms with Crippen molar-refractivity contribution in [2.24, 2.45) is 0 Å². The SMILES string of the molecule is CCCCCNC(=S)NNC(=O)c1c(C)nn(Cc2ccc(C)cc2)c1C. The van der Waals surface area contributed by atoms with Crippen molar-refractivity contribution in [1.29, 1.82) is 0 Å². The van der Waals surface area contributed by atoms with E-state index in [9.17, 15) is 4.79 Å². The van der Waals surface area contributed by atoms with E-state index in [1.165, 1.54) is 5.56 Å². The quantitative estimate of drug-likeness (QED) is 0.387. The largest absolute Gasteiger partial charge is 0.361 e. The molecule has 0 spiro atoms. The number of hydrogen-bond acceptors (Lipinski definition) is 3. The molecule has 146 valence electrons. The summed E-state index contributed by atoms with van der Waals surface area (Å²) in [7, 11) is 0. The van der Waals surface area contributed by atoms with E-state index in [0.717, 1.165) is 37.1 Å². The molecule has 1 amide bonds. The van der Waals surface area contributed by atoms with E-state index in [-0.39, 0.29) is 5.91 Å². The number of hydrogen-bond donors (Lipinski definition) is 3. The third-order valence-corrected chi connectivity index (χ3v) is 4.66. The number of nitrogens with one attached hydrogen (secondary N) is 3. The first kappa shape index (κ1) is 20.9. The Labute approximate surface area is 166 Å². The van der Waals surface area contributed by atoms with Gasteiger partial charge in [0.1, 0.15) is 0 Å². The summed E-state index contributed by atoms with van der Waals surface area (Å²) < 4.78 is 1.86. The molecule has 0 unspecified atom stereocenters. The Kier molecular flexibility index (Phi) is 7.79. The molecular weight excluding hydrogens is 358 g/mol. The summed E-state index contributed by atoms with van der Waals surface area (Å²) in [6.07, 6.45) is 3.36. The number of nitrogens with zero attached hydrogens (tertiary/aromatic N) is 2. The Morgan fingerprint density at radius 3 is 2.48 bits per heavy atom. The first-order valence-electron chi connectivity index (χ1n) is 9.36. The van der Waals surface area contributed by atoms with Crippen LogP contribution in [0.25, 0.3) is 0 Å². The Morgan fingerprint density at radius 2 is 1.81 bits per heavy atom. The van der Waals surface area contributed by atoms with E-state index in [4.69, 9.17) is 12.2 Å². The van der Waals surface area contributed by atoms with Gasteiger partial charge in [0, 0.05) is 12.2 Å². The van der Waals surface area contributed by atoms with Crippen LogP contribution in [0.3, 0.4) is 0 Å². The molecule has 0 aliphatic rings. The van der Waals surface area contributed by atoms with Crippen LogP contribution in [0.2, 0.25) is 0 Å². The van der Waals surface area contributed by atoms with Crippen LogP contribution in [0.5, 0.6) is 0 Å². The maximum Gasteiger partial charge on any atom is 0.273 e. The molecule has 0 aliphatic heterocycles. The van der Waals surface area contributed by atoms with E-state index in [0.29, 0.717) is 22.9 Å². The lowest BCUT2D eigenvalue weighted by atomic mass is 10.1. The van der Waals surface area contributed by atoms with Crippen LogP contribution in [0, 0.1) is 20.8 Å². The summed E-state index contributed by atoms with van der Waals surface area (Å²) in [5.41, 5.74) is 9.88. The van der Waals surface area contributed by atoms with Crippen LogP contribution < -0.4 is 16.2 Å². The minimum atomic E-state index is -0.238. The molecule has 6 nitrogen and oxygen atoms in total. The minimum Gasteiger partial charge on any atom is -0.361 e. The van der Waals surface area contributed by atoms with E-state index in [1.807, 2.05) is 18.5 Å². The number of thiocarbonyl (C=S) groups is 1. The predicted octanol–water partition coefficient (Wildman–Crippen LogP) is 3.16. The van der Waals surface area contributed by atoms with Crippen LogP contribution in [0.4, 0.5) is 0 Å². The molecule has 27 heavy (non-hydrogen) atoms. The molecule has 2 rings (SSSR count). The van der Waals surface area contributed by atoms with Gasteiger partial charge in [0.15, 0.2) is 5.11 Å². The fourth-order valence-corrected chi connectivity index (χ4v) is 3.00. The summed E-state index contributed by atoms with van der Waals surface area (Å²) in [5, 5.41) is 8.02. The van der Waals surface area contributed by atoms with Gasteiger partial charge in [-0.2, -0.15) is 5.10 Å². The van der Waals surface area contributed by atoms with Crippen molar-refractivity contribution < 1.29 is 4.79 Å². The molecule has 1 aromatic heterocycles. The lowest BCUT2D eigenvalue weighted by molar-refractivity contribution is 0.0942. The van der Waals surface area contributed by atoms with Gasteiger partial charge in [-0.15, -0.1) is 0 Å². The fraction of sp³-hybridized carbons (Fsp3) is 0.450. The number of aryl methyl sites for hydroxylation is 2. The second kappa shape index (κ2) is 10.1. The van der Waals surface area contributed by atoms with Gasteiger partial charge < -0.3 is 5.32 Å². The second-order valence-electron chi connectivity index (χ2n) is 6.73. The van der Waals surface area contributed by atoms with Gasteiger partial charge in [-0.05, 0) is 45.0 Å². The highest BCUT2D eigenvalue weighted by molar-refractivity contribution is 7.80. The molecule has 0 radical (unpaired) electrons. The van der Waals surface area contributed by atoms with Gasteiger partial charge in [0.25, 0.3) is 5.91 Å². The third-order valence-electron chi connectivity index (χ3n) is 4.42. The topological polar surface area (TPSA) is 71.0 Å². The van der Waals surface area contributed by atoms with Crippen LogP contribution in [0.1, 0.15) is 59.1 Å². The highest BCUT2D eigenvalue weighted by Crippen LogP contribution is 2.15. The first-order valence-corrected chi connectivity index (χ1v) is 9.77. The molecular formula is C20H29N5OS. The van der Waals surface area contributed by atoms with Crippen LogP contribution in [0.15, 0.2) is 24.3 Å². The average Bonchev–Trinajstić information content (AvgIpc) is 2.92. The maximum absolute atomic E-state index is 12.6. The Balaban J connectivity index is 1.95. The number of carbonyl (C=O) groups excluding carboxylic acids is 1. The van der Waals surface area contributed by atoms with Crippen LogP contribution >= 0.6 is 12.2 Å². The third kappa shape index (κ3) is 6.06. The molecule has 0 bridgehead atoms. The number of aromatic nitrogens is 2. The van der Waals surface area contributed by atoms with Crippen molar-refractivity contribution in [1.82, 2.24) is 25.9 Å². The molecule has 0 atom stereocenters. The van der Waals surface area contributed by atoms with Crippen molar-refractivity contribution in [2.45, 2.75) is 53.5 Å². The van der Waals surface area contributed by atoms with Crippen molar-refractivity contribution in [3.63, 3.8) is 0 Å². The predicted molar refractivity (Wildman–Crippen MR) is 113 cm³/mol. The minimum absolute atomic E-state index is 0.238. The molecule has 0 saturated carbocycles. The number of rotatable bonds is 7. The number of carbonyl (C=O) groups is 1. The highest BCUT2D eigenvalue weighted by atomic mass is 32.1. The van der Waals surface area contributed by atoms with Crippen LogP contribution in [-0.2, 0) is 6.54 Å². The van der Waals surface area contributed by atoms with Crippen molar-refractivity contribution >= 4 is 23.2 Å². The summed E-state index contributed by atoms with van der Waals surface area (Å²) in [6.45, 7) is 9.39. The van der Waals surface area contributed by atoms with Gasteiger partial charge in [0.05, 0.1) is 17.8 Å². The zero-order valence-electron chi connectivity index (χ0n) is 16.6. The molecule has 2 aromatic rings. The summed E-state index contributed by atoms with van der Waals surface area (Å²) in [5.74, 6) is -0.238. The summed E-state index contributed by atoms with van der Waals surface area (Å²) in [6, 6.07) is 8.31. The van der Waals surface area contributed by atoms with E-state index in [2.05, 4.69) is 59.4 Å². The Bertz CT molecular complexity index is 782. The van der Waals surface area contributed by atoms with Crippen molar-refractivity contribution in [3.05, 3.63) is 52.3 Å². The highest BCUT2D eigenvalue weighted by Gasteiger charge is 2.18. The molecule has 1 aromatic carbocycles. The lowest BCUT2D eigenvalue weighted by Crippen LogP contribution is -2.47. The van der Waals surface area contributed by atoms with Crippen molar-refractivity contribution in [2.75, 3.05) is 6.54 Å². The molecule has 0 saturated heterocycles. The monoisotopic (exact) mass is 387 g/mol. The van der Waals surface area contributed by atoms with E-state index >= 15 is 0 Å². The first-order chi connectivity index (χ1) is 12.9. The number of amides is 1. The smallest absolute Gasteiger partial charge is 0.273 e. The zero-order chi connectivity index (χ0) is 19.8. The average molecular weight is 388 g/mol. The zero-order valence-corrected chi connectivity index (χ0v) is 17.4. The molecule has 7 heteroatoms. The number of unbranched alkanes of at least 4 members (excludes halogenated alkanes) is 2. The maximum atomic E-state index is 12.6. The van der Waals surface area contributed by atoms with E-state index in [1.54, 1.807) is 0 Å². The Hall–Kier alpha value is -2.41. The standard InChI is InChI=1S/C20H29N5OS/c1-5-6-7-12-21-20(27)23-22-19(26)18-15(3)24-25(16(18)4)13-17-10-8-14(2)9-11-17/h8-11H,5-7,12-13H2,1-4H3,(H,22,26)(H2,21,23,27). The summed E-state index contributed by atoms with van der Waals surface area (Å²) in [4.78, 5) is 12.6. The van der Waals surface area contributed by atoms with Gasteiger partial charge in [-0.3, -0.25) is 20.3 Å². The normalized spacial score (nSPS) is 10.5. The van der Waals surface area contributed by atoms with E-state index < -0.39 is 0 Å². The molecule has 0 fully saturated rings. The number of hydrazine groups is 1. The second-order valence-corrected chi connectivity index (χ2v) is 7.14. The van der Waals surface area contributed by atoms with Crippen molar-refractivity contribution in [3.8, 4) is 0 Å². The molecule has 3 N–H and O–H groups in total. The Morgan fingerprint density at radius 1 is 1.11 bits per heavy atom. The van der Waals surface area contributed by atoms with Gasteiger partial charge >= 0.3 is 0 Å². The van der Waals surface area contributed by atoms with Gasteiger partial charge in [0.2, 0.25) is 0 Å². The van der Waals surface area contributed by atoms with Crippen LogP contribution in [-0.4, -0.2) is 27.3 Å². The fourth-order valence-electron chi connectivity index (χ4n) is 2.84.